The Morgan fingerprint density at radius 2 is 1.88 bits per heavy atom. The predicted molar refractivity (Wildman–Crippen MR) is 139 cm³/mol. The lowest BCUT2D eigenvalue weighted by Gasteiger charge is -2.07. The van der Waals surface area contributed by atoms with E-state index >= 15 is 0 Å². The number of amides is 1. The normalized spacial score (nSPS) is 11.3. The quantitative estimate of drug-likeness (QED) is 0.259. The maximum absolute atomic E-state index is 11.9. The van der Waals surface area contributed by atoms with Crippen molar-refractivity contribution in [2.75, 3.05) is 10.6 Å². The van der Waals surface area contributed by atoms with E-state index in [-0.39, 0.29) is 5.91 Å². The van der Waals surface area contributed by atoms with Gasteiger partial charge in [-0.05, 0) is 57.7 Å². The summed E-state index contributed by atoms with van der Waals surface area (Å²) < 4.78 is 0. The average Bonchev–Trinajstić information content (AvgIpc) is 3.24. The van der Waals surface area contributed by atoms with Crippen molar-refractivity contribution in [3.63, 3.8) is 0 Å². The Hall–Kier alpha value is -3.39. The predicted octanol–water partition coefficient (Wildman–Crippen LogP) is 5.67. The molecule has 0 atom stereocenters. The zero-order valence-electron chi connectivity index (χ0n) is 20.1. The Morgan fingerprint density at radius 1 is 1.06 bits per heavy atom. The van der Waals surface area contributed by atoms with Crippen LogP contribution in [0.1, 0.15) is 54.9 Å². The molecule has 7 nitrogen and oxygen atoms in total. The monoisotopic (exact) mass is 476 g/mol. The summed E-state index contributed by atoms with van der Waals surface area (Å²) in [5.74, 6) is 0.401. The van der Waals surface area contributed by atoms with Crippen LogP contribution in [0.25, 0.3) is 0 Å². The van der Waals surface area contributed by atoms with Crippen LogP contribution in [0.2, 0.25) is 0 Å². The van der Waals surface area contributed by atoms with Crippen molar-refractivity contribution in [3.05, 3.63) is 82.2 Å². The molecular weight excluding hydrogens is 444 g/mol. The number of hydrogen-bond donors (Lipinski definition) is 2. The lowest BCUT2D eigenvalue weighted by atomic mass is 10.1. The lowest BCUT2D eigenvalue weighted by molar-refractivity contribution is -0.115. The zero-order valence-corrected chi connectivity index (χ0v) is 20.9. The van der Waals surface area contributed by atoms with Crippen molar-refractivity contribution in [2.24, 2.45) is 0 Å². The number of aryl methyl sites for hydroxylation is 3. The second kappa shape index (κ2) is 12.7. The van der Waals surface area contributed by atoms with E-state index in [9.17, 15) is 4.79 Å². The molecule has 8 heteroatoms. The molecule has 2 heterocycles. The van der Waals surface area contributed by atoms with Crippen molar-refractivity contribution in [2.45, 2.75) is 59.3 Å². The van der Waals surface area contributed by atoms with Gasteiger partial charge < -0.3 is 10.6 Å². The van der Waals surface area contributed by atoms with Crippen LogP contribution in [-0.2, 0) is 24.1 Å². The molecule has 0 saturated heterocycles. The van der Waals surface area contributed by atoms with Crippen LogP contribution in [0, 0.1) is 6.92 Å². The first-order valence-electron chi connectivity index (χ1n) is 11.5. The summed E-state index contributed by atoms with van der Waals surface area (Å²) in [6.45, 7) is 10.1. The molecule has 0 aliphatic heterocycles. The van der Waals surface area contributed by atoms with Crippen molar-refractivity contribution in [3.8, 4) is 0 Å². The molecule has 1 aromatic carbocycles. The molecule has 0 fully saturated rings. The van der Waals surface area contributed by atoms with Gasteiger partial charge in [0.25, 0.3) is 0 Å². The van der Waals surface area contributed by atoms with Crippen LogP contribution in [0.15, 0.2) is 60.3 Å². The molecular formula is C26H32N6OS. The molecule has 0 aliphatic rings. The fourth-order valence-corrected chi connectivity index (χ4v) is 4.18. The summed E-state index contributed by atoms with van der Waals surface area (Å²) in [7, 11) is 0. The molecule has 2 aromatic heterocycles. The van der Waals surface area contributed by atoms with Gasteiger partial charge >= 0.3 is 0 Å². The van der Waals surface area contributed by atoms with E-state index in [1.54, 1.807) is 17.4 Å². The van der Waals surface area contributed by atoms with Crippen LogP contribution >= 0.6 is 11.3 Å². The number of rotatable bonds is 12. The summed E-state index contributed by atoms with van der Waals surface area (Å²) >= 11 is 1.57. The second-order valence-electron chi connectivity index (χ2n) is 8.37. The minimum Gasteiger partial charge on any atom is -0.334 e. The van der Waals surface area contributed by atoms with Crippen LogP contribution in [0.4, 0.5) is 10.9 Å². The molecule has 2 N–H and O–H groups in total. The number of allylic oxidation sites excluding steroid dienone is 2. The van der Waals surface area contributed by atoms with Gasteiger partial charge in [-0.15, -0.1) is 15.3 Å². The number of nitrogens with zero attached hydrogens (tertiary/aromatic N) is 4. The summed E-state index contributed by atoms with van der Waals surface area (Å²) in [4.78, 5) is 11.9. The average molecular weight is 477 g/mol. The number of anilines is 2. The maximum atomic E-state index is 11.9. The highest BCUT2D eigenvalue weighted by atomic mass is 32.1. The molecule has 0 spiro atoms. The topological polar surface area (TPSA) is 92.7 Å². The van der Waals surface area contributed by atoms with E-state index in [1.807, 2.05) is 26.0 Å². The van der Waals surface area contributed by atoms with Crippen LogP contribution < -0.4 is 10.6 Å². The van der Waals surface area contributed by atoms with Gasteiger partial charge in [0.1, 0.15) is 5.01 Å². The third-order valence-corrected chi connectivity index (χ3v) is 6.14. The van der Waals surface area contributed by atoms with Gasteiger partial charge in [0.05, 0.1) is 5.69 Å². The summed E-state index contributed by atoms with van der Waals surface area (Å²) in [5.41, 5.74) is 5.31. The highest BCUT2D eigenvalue weighted by Gasteiger charge is 2.08. The lowest BCUT2D eigenvalue weighted by Crippen LogP contribution is -2.13. The van der Waals surface area contributed by atoms with Gasteiger partial charge in [0.2, 0.25) is 11.0 Å². The fourth-order valence-electron chi connectivity index (χ4n) is 3.35. The van der Waals surface area contributed by atoms with E-state index in [2.05, 4.69) is 68.8 Å². The zero-order chi connectivity index (χ0) is 24.3. The number of carbonyl (C=O) groups excluding carboxylic acids is 1. The number of nitrogens with one attached hydrogen (secondary N) is 2. The van der Waals surface area contributed by atoms with E-state index in [4.69, 9.17) is 0 Å². The molecule has 34 heavy (non-hydrogen) atoms. The minimum atomic E-state index is -0.0812. The highest BCUT2D eigenvalue weighted by Crippen LogP contribution is 2.20. The Balaban J connectivity index is 1.37. The number of hydrogen-bond acceptors (Lipinski definition) is 7. The molecule has 0 radical (unpaired) electrons. The van der Waals surface area contributed by atoms with E-state index < -0.39 is 0 Å². The highest BCUT2D eigenvalue weighted by molar-refractivity contribution is 7.15. The van der Waals surface area contributed by atoms with Gasteiger partial charge in [-0.25, -0.2) is 0 Å². The van der Waals surface area contributed by atoms with Crippen molar-refractivity contribution in [1.29, 1.82) is 0 Å². The fraction of sp³-hybridized carbons (Fsp3) is 0.346. The van der Waals surface area contributed by atoms with Gasteiger partial charge in [-0.1, -0.05) is 59.4 Å². The van der Waals surface area contributed by atoms with E-state index in [1.165, 1.54) is 11.1 Å². The number of benzene rings is 1. The SMILES string of the molecule is C=C(Cc1cccc(C)c1)Nc1nnc(CCCCc2ccc(NC(=O)C/C(C)=C/C)nn2)s1. The second-order valence-corrected chi connectivity index (χ2v) is 9.43. The molecule has 0 bridgehead atoms. The first-order chi connectivity index (χ1) is 16.4. The number of unbranched alkanes of at least 4 members (excludes halogenated alkanes) is 1. The van der Waals surface area contributed by atoms with Crippen molar-refractivity contribution >= 4 is 28.2 Å². The Kier molecular flexibility index (Phi) is 9.46. The van der Waals surface area contributed by atoms with Gasteiger partial charge in [-0.2, -0.15) is 5.10 Å². The molecule has 3 aromatic rings. The minimum absolute atomic E-state index is 0.0812. The third-order valence-electron chi connectivity index (χ3n) is 5.24. The largest absolute Gasteiger partial charge is 0.334 e. The van der Waals surface area contributed by atoms with Gasteiger partial charge in [0, 0.05) is 25.0 Å². The van der Waals surface area contributed by atoms with Crippen LogP contribution in [0.5, 0.6) is 0 Å². The van der Waals surface area contributed by atoms with Gasteiger partial charge in [-0.3, -0.25) is 4.79 Å². The first kappa shape index (κ1) is 25.2. The number of carbonyl (C=O) groups is 1. The Morgan fingerprint density at radius 3 is 2.62 bits per heavy atom. The smallest absolute Gasteiger partial charge is 0.229 e. The van der Waals surface area contributed by atoms with E-state index in [0.29, 0.717) is 12.2 Å². The van der Waals surface area contributed by atoms with Crippen molar-refractivity contribution < 1.29 is 4.79 Å². The van der Waals surface area contributed by atoms with Crippen molar-refractivity contribution in [1.82, 2.24) is 20.4 Å². The Bertz CT molecular complexity index is 1140. The molecule has 1 amide bonds. The van der Waals surface area contributed by atoms with Crippen LogP contribution in [-0.4, -0.2) is 26.3 Å². The molecule has 0 aliphatic carbocycles. The molecule has 0 unspecified atom stereocenters. The molecule has 178 valence electrons. The molecule has 0 saturated carbocycles. The Labute approximate surface area is 205 Å². The maximum Gasteiger partial charge on any atom is 0.229 e. The summed E-state index contributed by atoms with van der Waals surface area (Å²) in [6, 6.07) is 12.1. The summed E-state index contributed by atoms with van der Waals surface area (Å²) in [6.07, 6.45) is 6.71. The standard InChI is InChI=1S/C26H32N6OS/c1-5-18(2)16-24(33)28-23-14-13-22(29-30-23)11-6-7-12-25-31-32-26(34-25)27-20(4)17-21-10-8-9-19(3)15-21/h5,8-10,13-15H,4,6-7,11-12,16-17H2,1-3H3,(H,27,32)(H,28,30,33)/b18-5+. The van der Waals surface area contributed by atoms with Crippen LogP contribution in [0.3, 0.4) is 0 Å². The molecule has 3 rings (SSSR count). The van der Waals surface area contributed by atoms with E-state index in [0.717, 1.165) is 59.2 Å². The summed E-state index contributed by atoms with van der Waals surface area (Å²) in [5, 5.41) is 24.7. The first-order valence-corrected chi connectivity index (χ1v) is 12.3. The third kappa shape index (κ3) is 8.51. The number of aromatic nitrogens is 4. The van der Waals surface area contributed by atoms with Gasteiger partial charge in [0.15, 0.2) is 5.82 Å².